The summed E-state index contributed by atoms with van der Waals surface area (Å²) in [5, 5.41) is 11.0. The second-order valence-electron chi connectivity index (χ2n) is 7.98. The smallest absolute Gasteiger partial charge is 0.338 e. The number of esters is 2. The topological polar surface area (TPSA) is 101 Å². The Balaban J connectivity index is 1.50. The van der Waals surface area contributed by atoms with Crippen LogP contribution in [-0.2, 0) is 23.7 Å². The predicted octanol–water partition coefficient (Wildman–Crippen LogP) is 2.31. The first-order valence-electron chi connectivity index (χ1n) is 9.96. The van der Waals surface area contributed by atoms with Gasteiger partial charge in [0.15, 0.2) is 17.7 Å². The zero-order valence-corrected chi connectivity index (χ0v) is 17.2. The van der Waals surface area contributed by atoms with Gasteiger partial charge in [-0.3, -0.25) is 0 Å². The second kappa shape index (κ2) is 8.39. The zero-order valence-electron chi connectivity index (χ0n) is 17.2. The maximum atomic E-state index is 12.4. The third-order valence-corrected chi connectivity index (χ3v) is 5.20. The Morgan fingerprint density at radius 1 is 0.839 bits per heavy atom. The van der Waals surface area contributed by atoms with Crippen LogP contribution in [0.2, 0.25) is 0 Å². The van der Waals surface area contributed by atoms with Crippen LogP contribution in [0.1, 0.15) is 34.6 Å². The van der Waals surface area contributed by atoms with Gasteiger partial charge < -0.3 is 28.8 Å². The molecule has 2 fully saturated rings. The van der Waals surface area contributed by atoms with Crippen LogP contribution in [0.3, 0.4) is 0 Å². The molecule has 0 spiro atoms. The fraction of sp³-hybridized carbons (Fsp3) is 0.391. The molecular formula is C23H24O8. The highest BCUT2D eigenvalue weighted by Gasteiger charge is 2.62. The molecule has 8 nitrogen and oxygen atoms in total. The van der Waals surface area contributed by atoms with Gasteiger partial charge in [0.25, 0.3) is 0 Å². The van der Waals surface area contributed by atoms with Crippen LogP contribution in [0.25, 0.3) is 0 Å². The van der Waals surface area contributed by atoms with E-state index in [0.29, 0.717) is 11.1 Å². The molecule has 0 unspecified atom stereocenters. The molecule has 0 radical (unpaired) electrons. The lowest BCUT2D eigenvalue weighted by Crippen LogP contribution is -2.52. The van der Waals surface area contributed by atoms with Crippen LogP contribution in [-0.4, -0.2) is 60.1 Å². The van der Waals surface area contributed by atoms with E-state index in [2.05, 4.69) is 0 Å². The van der Waals surface area contributed by atoms with E-state index < -0.39 is 41.8 Å². The van der Waals surface area contributed by atoms with Gasteiger partial charge in [0.2, 0.25) is 0 Å². The number of carbonyl (C=O) groups is 2. The van der Waals surface area contributed by atoms with Crippen molar-refractivity contribution in [1.82, 2.24) is 0 Å². The number of hydrogen-bond donors (Lipinski definition) is 1. The predicted molar refractivity (Wildman–Crippen MR) is 107 cm³/mol. The fourth-order valence-corrected chi connectivity index (χ4v) is 3.63. The Bertz CT molecular complexity index is 872. The summed E-state index contributed by atoms with van der Waals surface area (Å²) in [6, 6.07) is 16.9. The summed E-state index contributed by atoms with van der Waals surface area (Å²) in [6.07, 6.45) is -2.97. The van der Waals surface area contributed by atoms with Gasteiger partial charge in [-0.1, -0.05) is 36.4 Å². The molecule has 0 bridgehead atoms. The summed E-state index contributed by atoms with van der Waals surface area (Å²) < 4.78 is 28.2. The minimum Gasteiger partial charge on any atom is -0.459 e. The van der Waals surface area contributed by atoms with E-state index in [-0.39, 0.29) is 13.2 Å². The van der Waals surface area contributed by atoms with Crippen LogP contribution < -0.4 is 0 Å². The molecule has 4 rings (SSSR count). The molecule has 0 amide bonds. The Hall–Kier alpha value is -2.78. The number of carbonyl (C=O) groups excluding carboxylic acids is 2. The number of ether oxygens (including phenoxy) is 5. The maximum absolute atomic E-state index is 12.4. The quantitative estimate of drug-likeness (QED) is 0.700. The van der Waals surface area contributed by atoms with Crippen LogP contribution >= 0.6 is 0 Å². The molecule has 2 aromatic carbocycles. The number of aliphatic hydroxyl groups is 1. The van der Waals surface area contributed by atoms with Crippen molar-refractivity contribution in [3.63, 3.8) is 0 Å². The summed E-state index contributed by atoms with van der Waals surface area (Å²) in [5.41, 5.74) is -0.846. The number of rotatable bonds is 6. The average Bonchev–Trinajstić information content (AvgIpc) is 3.21. The normalized spacial score (nSPS) is 25.6. The maximum Gasteiger partial charge on any atom is 0.338 e. The number of fused-ring (bicyclic) bond motifs is 1. The van der Waals surface area contributed by atoms with Crippen molar-refractivity contribution < 1.29 is 38.4 Å². The van der Waals surface area contributed by atoms with E-state index in [4.69, 9.17) is 23.7 Å². The molecule has 0 aliphatic carbocycles. The number of benzene rings is 2. The summed E-state index contributed by atoms with van der Waals surface area (Å²) in [6.45, 7) is 2.69. The second-order valence-corrected chi connectivity index (χ2v) is 7.98. The minimum absolute atomic E-state index is 0.347. The van der Waals surface area contributed by atoms with E-state index in [9.17, 15) is 14.7 Å². The number of hydrogen-bond acceptors (Lipinski definition) is 8. The lowest BCUT2D eigenvalue weighted by Gasteiger charge is -2.33. The third-order valence-electron chi connectivity index (χ3n) is 5.20. The molecule has 2 aromatic rings. The van der Waals surface area contributed by atoms with E-state index in [1.54, 1.807) is 74.5 Å². The Kier molecular flexibility index (Phi) is 5.81. The lowest BCUT2D eigenvalue weighted by atomic mass is 9.97. The molecule has 0 aromatic heterocycles. The minimum atomic E-state index is -1.54. The van der Waals surface area contributed by atoms with Crippen molar-refractivity contribution in [3.05, 3.63) is 71.8 Å². The van der Waals surface area contributed by atoms with Crippen molar-refractivity contribution in [3.8, 4) is 0 Å². The van der Waals surface area contributed by atoms with Crippen LogP contribution in [0.5, 0.6) is 0 Å². The van der Waals surface area contributed by atoms with E-state index in [1.807, 2.05) is 0 Å². The molecule has 31 heavy (non-hydrogen) atoms. The monoisotopic (exact) mass is 428 g/mol. The average molecular weight is 428 g/mol. The van der Waals surface area contributed by atoms with Gasteiger partial charge in [-0.05, 0) is 38.1 Å². The molecule has 1 N–H and O–H groups in total. The SMILES string of the molecule is CC1(C)O[C@H]2OC(COC(=O)c3ccccc3)(COC(=O)c3ccccc3)[C@@H](O)[C@@H]2O1. The molecule has 2 heterocycles. The van der Waals surface area contributed by atoms with Gasteiger partial charge in [0, 0.05) is 0 Å². The highest BCUT2D eigenvalue weighted by atomic mass is 16.8. The van der Waals surface area contributed by atoms with Crippen molar-refractivity contribution in [2.75, 3.05) is 13.2 Å². The zero-order chi connectivity index (χ0) is 22.1. The molecule has 0 saturated carbocycles. The van der Waals surface area contributed by atoms with Crippen molar-refractivity contribution in [1.29, 1.82) is 0 Å². The highest BCUT2D eigenvalue weighted by Crippen LogP contribution is 2.42. The Morgan fingerprint density at radius 3 is 1.77 bits per heavy atom. The van der Waals surface area contributed by atoms with Gasteiger partial charge in [-0.15, -0.1) is 0 Å². The van der Waals surface area contributed by atoms with Gasteiger partial charge in [0.1, 0.15) is 25.4 Å². The third kappa shape index (κ3) is 4.47. The molecule has 8 heteroatoms. The molecule has 2 saturated heterocycles. The van der Waals surface area contributed by atoms with Gasteiger partial charge >= 0.3 is 11.9 Å². The molecule has 2 aliphatic heterocycles. The van der Waals surface area contributed by atoms with Crippen LogP contribution in [0, 0.1) is 0 Å². The van der Waals surface area contributed by atoms with E-state index in [0.717, 1.165) is 0 Å². The Labute approximate surface area is 179 Å². The molecule has 2 aliphatic rings. The molecule has 164 valence electrons. The summed E-state index contributed by atoms with van der Waals surface area (Å²) in [7, 11) is 0. The highest BCUT2D eigenvalue weighted by molar-refractivity contribution is 5.90. The van der Waals surface area contributed by atoms with Gasteiger partial charge in [-0.2, -0.15) is 0 Å². The first-order valence-corrected chi connectivity index (χ1v) is 9.96. The number of aliphatic hydroxyl groups excluding tert-OH is 1. The summed E-state index contributed by atoms with van der Waals surface area (Å²) in [4.78, 5) is 24.9. The van der Waals surface area contributed by atoms with Crippen LogP contribution in [0.15, 0.2) is 60.7 Å². The molecular weight excluding hydrogens is 404 g/mol. The standard InChI is InChI=1S/C23H24O8/c1-22(2)29-17-18(24)23(31-21(17)30-22,13-27-19(25)15-9-5-3-6-10-15)14-28-20(26)16-11-7-4-8-12-16/h3-12,17-18,21,24H,13-14H2,1-2H3/t17-,18-,21-/m0/s1. The molecule has 3 atom stereocenters. The van der Waals surface area contributed by atoms with Gasteiger partial charge in [0.05, 0.1) is 11.1 Å². The van der Waals surface area contributed by atoms with Crippen molar-refractivity contribution in [2.45, 2.75) is 43.7 Å². The van der Waals surface area contributed by atoms with Crippen molar-refractivity contribution >= 4 is 11.9 Å². The Morgan fingerprint density at radius 2 is 1.32 bits per heavy atom. The first kappa shape index (κ1) is 21.5. The van der Waals surface area contributed by atoms with Crippen molar-refractivity contribution in [2.24, 2.45) is 0 Å². The van der Waals surface area contributed by atoms with E-state index in [1.165, 1.54) is 0 Å². The van der Waals surface area contributed by atoms with Crippen LogP contribution in [0.4, 0.5) is 0 Å². The summed E-state index contributed by atoms with van der Waals surface area (Å²) in [5.74, 6) is -2.13. The van der Waals surface area contributed by atoms with Gasteiger partial charge in [-0.25, -0.2) is 9.59 Å². The first-order chi connectivity index (χ1) is 14.8. The largest absolute Gasteiger partial charge is 0.459 e. The summed E-state index contributed by atoms with van der Waals surface area (Å²) >= 11 is 0. The van der Waals surface area contributed by atoms with E-state index >= 15 is 0 Å². The lowest BCUT2D eigenvalue weighted by molar-refractivity contribution is -0.252. The fourth-order valence-electron chi connectivity index (χ4n) is 3.63.